The number of aliphatic hydroxyl groups is 1. The van der Waals surface area contributed by atoms with Crippen LogP contribution in [0.25, 0.3) is 10.8 Å². The molecule has 20 heavy (non-hydrogen) atoms. The molecule has 0 unspecified atom stereocenters. The van der Waals surface area contributed by atoms with Gasteiger partial charge in [-0.3, -0.25) is 0 Å². The molecule has 2 heterocycles. The largest absolute Gasteiger partial charge is 0.459 e. The van der Waals surface area contributed by atoms with E-state index in [1.807, 2.05) is 25.3 Å². The molecule has 0 amide bonds. The van der Waals surface area contributed by atoms with Crippen LogP contribution in [-0.4, -0.2) is 22.2 Å². The van der Waals surface area contributed by atoms with E-state index in [4.69, 9.17) is 4.42 Å². The van der Waals surface area contributed by atoms with E-state index in [1.165, 1.54) is 0 Å². The van der Waals surface area contributed by atoms with Crippen LogP contribution in [-0.2, 0) is 6.54 Å². The first kappa shape index (κ1) is 13.8. The second kappa shape index (κ2) is 5.68. The number of rotatable bonds is 5. The van der Waals surface area contributed by atoms with E-state index >= 15 is 0 Å². The molecule has 2 aromatic rings. The van der Waals surface area contributed by atoms with E-state index in [9.17, 15) is 5.11 Å². The Labute approximate surface area is 122 Å². The highest BCUT2D eigenvalue weighted by Gasteiger charge is 2.30. The molecule has 0 aromatic carbocycles. The van der Waals surface area contributed by atoms with Gasteiger partial charge in [-0.15, -0.1) is 11.3 Å². The summed E-state index contributed by atoms with van der Waals surface area (Å²) >= 11 is 1.63. The summed E-state index contributed by atoms with van der Waals surface area (Å²) in [5, 5.41) is 14.5. The lowest BCUT2D eigenvalue weighted by Crippen LogP contribution is -2.37. The van der Waals surface area contributed by atoms with Crippen LogP contribution < -0.4 is 5.32 Å². The van der Waals surface area contributed by atoms with Crippen LogP contribution in [0.2, 0.25) is 0 Å². The summed E-state index contributed by atoms with van der Waals surface area (Å²) in [6.07, 6.45) is 5.99. The zero-order valence-corrected chi connectivity index (χ0v) is 12.5. The van der Waals surface area contributed by atoms with Crippen molar-refractivity contribution in [3.63, 3.8) is 0 Å². The molecule has 3 rings (SSSR count). The third-order valence-corrected chi connectivity index (χ3v) is 4.80. The molecule has 5 heteroatoms. The molecular formula is C15H20N2O2S. The number of nitrogens with one attached hydrogen (secondary N) is 1. The summed E-state index contributed by atoms with van der Waals surface area (Å²) in [5.74, 6) is 1.73. The number of furan rings is 1. The minimum absolute atomic E-state index is 0.494. The third kappa shape index (κ3) is 3.11. The molecule has 4 nitrogen and oxygen atoms in total. The van der Waals surface area contributed by atoms with Crippen molar-refractivity contribution in [2.45, 2.75) is 44.8 Å². The second-order valence-corrected chi connectivity index (χ2v) is 6.69. The minimum Gasteiger partial charge on any atom is -0.459 e. The zero-order chi connectivity index (χ0) is 14.0. The first-order valence-electron chi connectivity index (χ1n) is 7.09. The fourth-order valence-corrected chi connectivity index (χ4v) is 3.52. The molecule has 0 atom stereocenters. The van der Waals surface area contributed by atoms with Gasteiger partial charge in [-0.2, -0.15) is 0 Å². The Morgan fingerprint density at radius 2 is 2.20 bits per heavy atom. The number of aromatic nitrogens is 1. The van der Waals surface area contributed by atoms with Crippen LogP contribution >= 0.6 is 11.3 Å². The monoisotopic (exact) mass is 292 g/mol. The van der Waals surface area contributed by atoms with Crippen molar-refractivity contribution in [1.82, 2.24) is 10.3 Å². The predicted molar refractivity (Wildman–Crippen MR) is 79.7 cm³/mol. The van der Waals surface area contributed by atoms with Crippen LogP contribution in [0.5, 0.6) is 0 Å². The van der Waals surface area contributed by atoms with Crippen molar-refractivity contribution in [2.24, 2.45) is 0 Å². The van der Waals surface area contributed by atoms with Crippen LogP contribution in [0, 0.1) is 6.92 Å². The smallest absolute Gasteiger partial charge is 0.162 e. The molecule has 0 radical (unpaired) electrons. The number of aryl methyl sites for hydroxylation is 1. The van der Waals surface area contributed by atoms with Gasteiger partial charge in [0.2, 0.25) is 0 Å². The van der Waals surface area contributed by atoms with Crippen molar-refractivity contribution >= 4 is 11.3 Å². The van der Waals surface area contributed by atoms with Gasteiger partial charge >= 0.3 is 0 Å². The summed E-state index contributed by atoms with van der Waals surface area (Å²) < 4.78 is 5.57. The Morgan fingerprint density at radius 3 is 2.90 bits per heavy atom. The molecule has 0 saturated heterocycles. The van der Waals surface area contributed by atoms with Crippen LogP contribution in [0.3, 0.4) is 0 Å². The number of hydrogen-bond donors (Lipinski definition) is 2. The molecule has 1 saturated carbocycles. The molecule has 0 bridgehead atoms. The number of hydrogen-bond acceptors (Lipinski definition) is 5. The van der Waals surface area contributed by atoms with Gasteiger partial charge in [0.1, 0.15) is 5.76 Å². The van der Waals surface area contributed by atoms with Gasteiger partial charge in [0, 0.05) is 24.2 Å². The Morgan fingerprint density at radius 1 is 1.40 bits per heavy atom. The molecule has 1 aliphatic rings. The van der Waals surface area contributed by atoms with E-state index in [2.05, 4.69) is 10.3 Å². The van der Waals surface area contributed by atoms with E-state index in [-0.39, 0.29) is 0 Å². The molecule has 1 aliphatic carbocycles. The van der Waals surface area contributed by atoms with Crippen molar-refractivity contribution < 1.29 is 9.52 Å². The highest BCUT2D eigenvalue weighted by molar-refractivity contribution is 7.14. The first-order valence-corrected chi connectivity index (χ1v) is 7.91. The summed E-state index contributed by atoms with van der Waals surface area (Å²) in [4.78, 5) is 5.55. The summed E-state index contributed by atoms with van der Waals surface area (Å²) in [6.45, 7) is 3.35. The zero-order valence-electron chi connectivity index (χ0n) is 11.7. The number of thiazole rings is 1. The summed E-state index contributed by atoms with van der Waals surface area (Å²) in [7, 11) is 0. The lowest BCUT2D eigenvalue weighted by molar-refractivity contribution is 0.0475. The SMILES string of the molecule is Cc1ccc(-c2ncc(CNCC3(O)CCCC3)s2)o1. The maximum atomic E-state index is 10.3. The third-order valence-electron chi connectivity index (χ3n) is 3.79. The fraction of sp³-hybridized carbons (Fsp3) is 0.533. The maximum absolute atomic E-state index is 10.3. The molecule has 0 spiro atoms. The van der Waals surface area contributed by atoms with Crippen molar-refractivity contribution in [1.29, 1.82) is 0 Å². The van der Waals surface area contributed by atoms with Gasteiger partial charge in [0.25, 0.3) is 0 Å². The van der Waals surface area contributed by atoms with Crippen molar-refractivity contribution in [3.05, 3.63) is 29.0 Å². The fourth-order valence-electron chi connectivity index (χ4n) is 2.68. The van der Waals surface area contributed by atoms with Gasteiger partial charge in [-0.05, 0) is 31.9 Å². The van der Waals surface area contributed by atoms with E-state index in [0.717, 1.165) is 53.6 Å². The summed E-state index contributed by atoms with van der Waals surface area (Å²) in [6, 6.07) is 3.90. The van der Waals surface area contributed by atoms with Gasteiger partial charge in [0.15, 0.2) is 10.8 Å². The van der Waals surface area contributed by atoms with Crippen molar-refractivity contribution in [3.8, 4) is 10.8 Å². The quantitative estimate of drug-likeness (QED) is 0.889. The van der Waals surface area contributed by atoms with Gasteiger partial charge in [-0.1, -0.05) is 12.8 Å². The maximum Gasteiger partial charge on any atom is 0.162 e. The lowest BCUT2D eigenvalue weighted by atomic mass is 10.0. The Hall–Kier alpha value is -1.17. The van der Waals surface area contributed by atoms with Crippen molar-refractivity contribution in [2.75, 3.05) is 6.54 Å². The molecule has 1 fully saturated rings. The normalized spacial score (nSPS) is 17.7. The molecule has 0 aliphatic heterocycles. The highest BCUT2D eigenvalue weighted by atomic mass is 32.1. The summed E-state index contributed by atoms with van der Waals surface area (Å²) in [5.41, 5.74) is -0.494. The van der Waals surface area contributed by atoms with Gasteiger partial charge < -0.3 is 14.8 Å². The predicted octanol–water partition coefficient (Wildman–Crippen LogP) is 3.11. The van der Waals surface area contributed by atoms with Crippen LogP contribution in [0.4, 0.5) is 0 Å². The van der Waals surface area contributed by atoms with Crippen LogP contribution in [0.15, 0.2) is 22.7 Å². The average molecular weight is 292 g/mol. The van der Waals surface area contributed by atoms with E-state index in [1.54, 1.807) is 11.3 Å². The number of nitrogens with zero attached hydrogens (tertiary/aromatic N) is 1. The van der Waals surface area contributed by atoms with E-state index < -0.39 is 5.60 Å². The average Bonchev–Trinajstić information content (AvgIpc) is 3.11. The van der Waals surface area contributed by atoms with Crippen LogP contribution in [0.1, 0.15) is 36.3 Å². The Kier molecular flexibility index (Phi) is 3.92. The Balaban J connectivity index is 1.55. The van der Waals surface area contributed by atoms with E-state index in [0.29, 0.717) is 6.54 Å². The standard InChI is InChI=1S/C15H20N2O2S/c1-11-4-5-13(19-11)14-17-9-12(20-14)8-16-10-15(18)6-2-3-7-15/h4-5,9,16,18H,2-3,6-8,10H2,1H3. The second-order valence-electron chi connectivity index (χ2n) is 5.58. The molecule has 2 aromatic heterocycles. The lowest BCUT2D eigenvalue weighted by Gasteiger charge is -2.22. The Bertz CT molecular complexity index is 570. The molecule has 108 valence electrons. The van der Waals surface area contributed by atoms with Gasteiger partial charge in [0.05, 0.1) is 5.60 Å². The first-order chi connectivity index (χ1) is 9.65. The molecular weight excluding hydrogens is 272 g/mol. The highest BCUT2D eigenvalue weighted by Crippen LogP contribution is 2.29. The van der Waals surface area contributed by atoms with Gasteiger partial charge in [-0.25, -0.2) is 4.98 Å². The minimum atomic E-state index is -0.494. The molecule has 2 N–H and O–H groups in total. The topological polar surface area (TPSA) is 58.3 Å².